The van der Waals surface area contributed by atoms with Crippen molar-refractivity contribution in [2.75, 3.05) is 19.3 Å². The SMILES string of the molecule is CS(=O)(=O)N1CCC2C(=O)NC(N)=NC2(c2cccc(Br)c2)C1. The van der Waals surface area contributed by atoms with Crippen molar-refractivity contribution in [2.24, 2.45) is 16.6 Å². The van der Waals surface area contributed by atoms with Gasteiger partial charge in [0, 0.05) is 17.6 Å². The summed E-state index contributed by atoms with van der Waals surface area (Å²) in [6.07, 6.45) is 1.56. The van der Waals surface area contributed by atoms with E-state index in [9.17, 15) is 13.2 Å². The summed E-state index contributed by atoms with van der Waals surface area (Å²) in [6.45, 7) is 0.392. The van der Waals surface area contributed by atoms with E-state index in [1.807, 2.05) is 24.3 Å². The lowest BCUT2D eigenvalue weighted by atomic mass is 9.73. The van der Waals surface area contributed by atoms with Gasteiger partial charge in [0.15, 0.2) is 5.96 Å². The molecule has 124 valence electrons. The number of halogens is 1. The molecule has 0 bridgehead atoms. The number of benzene rings is 1. The third kappa shape index (κ3) is 2.88. The summed E-state index contributed by atoms with van der Waals surface area (Å²) in [4.78, 5) is 16.9. The zero-order chi connectivity index (χ0) is 16.8. The van der Waals surface area contributed by atoms with Crippen LogP contribution in [0.2, 0.25) is 0 Å². The van der Waals surface area contributed by atoms with Gasteiger partial charge in [0.2, 0.25) is 15.9 Å². The number of nitrogens with zero attached hydrogens (tertiary/aromatic N) is 2. The molecule has 1 aromatic carbocycles. The molecule has 23 heavy (non-hydrogen) atoms. The Morgan fingerprint density at radius 1 is 1.48 bits per heavy atom. The molecule has 7 nitrogen and oxygen atoms in total. The second-order valence-electron chi connectivity index (χ2n) is 5.86. The van der Waals surface area contributed by atoms with Crippen molar-refractivity contribution in [1.29, 1.82) is 0 Å². The second-order valence-corrected chi connectivity index (χ2v) is 8.76. The van der Waals surface area contributed by atoms with Gasteiger partial charge in [0.05, 0.1) is 12.2 Å². The highest BCUT2D eigenvalue weighted by Gasteiger charge is 2.52. The van der Waals surface area contributed by atoms with Crippen LogP contribution in [0.5, 0.6) is 0 Å². The Balaban J connectivity index is 2.18. The largest absolute Gasteiger partial charge is 0.370 e. The number of hydrogen-bond acceptors (Lipinski definition) is 5. The van der Waals surface area contributed by atoms with Crippen LogP contribution in [0.4, 0.5) is 0 Å². The van der Waals surface area contributed by atoms with Gasteiger partial charge in [-0.1, -0.05) is 28.1 Å². The number of carbonyl (C=O) groups excluding carboxylic acids is 1. The lowest BCUT2D eigenvalue weighted by molar-refractivity contribution is -0.128. The Bertz CT molecular complexity index is 795. The molecule has 2 aliphatic rings. The van der Waals surface area contributed by atoms with E-state index in [1.165, 1.54) is 4.31 Å². The van der Waals surface area contributed by atoms with Crippen molar-refractivity contribution in [2.45, 2.75) is 12.0 Å². The quantitative estimate of drug-likeness (QED) is 0.747. The zero-order valence-electron chi connectivity index (χ0n) is 12.5. The van der Waals surface area contributed by atoms with Crippen LogP contribution in [0.25, 0.3) is 0 Å². The Labute approximate surface area is 143 Å². The van der Waals surface area contributed by atoms with Crippen LogP contribution in [0, 0.1) is 5.92 Å². The fraction of sp³-hybridized carbons (Fsp3) is 0.429. The molecular formula is C14H17BrN4O3S. The molecule has 1 saturated heterocycles. The lowest BCUT2D eigenvalue weighted by Gasteiger charge is -2.46. The number of hydrogen-bond donors (Lipinski definition) is 2. The highest BCUT2D eigenvalue weighted by Crippen LogP contribution is 2.43. The number of nitrogens with two attached hydrogens (primary N) is 1. The molecule has 2 atom stereocenters. The van der Waals surface area contributed by atoms with Gasteiger partial charge in [-0.05, 0) is 24.1 Å². The van der Waals surface area contributed by atoms with E-state index < -0.39 is 21.5 Å². The molecule has 1 amide bonds. The van der Waals surface area contributed by atoms with Gasteiger partial charge in [0.25, 0.3) is 0 Å². The van der Waals surface area contributed by atoms with Gasteiger partial charge >= 0.3 is 0 Å². The van der Waals surface area contributed by atoms with Gasteiger partial charge in [-0.15, -0.1) is 0 Å². The minimum atomic E-state index is -3.39. The third-order valence-electron chi connectivity index (χ3n) is 4.34. The molecule has 2 unspecified atom stereocenters. The minimum absolute atomic E-state index is 0.0153. The number of amides is 1. The van der Waals surface area contributed by atoms with Gasteiger partial charge < -0.3 is 5.73 Å². The Hall–Kier alpha value is -1.45. The van der Waals surface area contributed by atoms with Gasteiger partial charge in [-0.2, -0.15) is 4.31 Å². The summed E-state index contributed by atoms with van der Waals surface area (Å²) in [5.41, 5.74) is 5.55. The van der Waals surface area contributed by atoms with Gasteiger partial charge in [-0.3, -0.25) is 10.1 Å². The summed E-state index contributed by atoms with van der Waals surface area (Å²) >= 11 is 3.41. The highest BCUT2D eigenvalue weighted by atomic mass is 79.9. The van der Waals surface area contributed by atoms with Crippen molar-refractivity contribution in [3.05, 3.63) is 34.3 Å². The summed E-state index contributed by atoms with van der Waals surface area (Å²) in [5.74, 6) is -0.658. The molecule has 1 aromatic rings. The van der Waals surface area contributed by atoms with Crippen LogP contribution >= 0.6 is 15.9 Å². The number of nitrogens with one attached hydrogen (secondary N) is 1. The van der Waals surface area contributed by atoms with E-state index in [4.69, 9.17) is 5.73 Å². The summed E-state index contributed by atoms with van der Waals surface area (Å²) in [6, 6.07) is 7.40. The number of rotatable bonds is 2. The first-order valence-electron chi connectivity index (χ1n) is 7.10. The third-order valence-corrected chi connectivity index (χ3v) is 6.09. The number of carbonyl (C=O) groups is 1. The van der Waals surface area contributed by atoms with E-state index in [1.54, 1.807) is 0 Å². The molecule has 9 heteroatoms. The van der Waals surface area contributed by atoms with E-state index in [-0.39, 0.29) is 18.4 Å². The average Bonchev–Trinajstić information content (AvgIpc) is 2.45. The predicted molar refractivity (Wildman–Crippen MR) is 90.1 cm³/mol. The van der Waals surface area contributed by atoms with Crippen LogP contribution in [0.1, 0.15) is 12.0 Å². The van der Waals surface area contributed by atoms with Crippen molar-refractivity contribution in [3.8, 4) is 0 Å². The number of aliphatic imine (C=N–C) groups is 1. The lowest BCUT2D eigenvalue weighted by Crippen LogP contribution is -2.61. The topological polar surface area (TPSA) is 105 Å². The Morgan fingerprint density at radius 2 is 2.22 bits per heavy atom. The molecule has 2 aliphatic heterocycles. The number of fused-ring (bicyclic) bond motifs is 1. The maximum absolute atomic E-state index is 12.4. The maximum atomic E-state index is 12.4. The van der Waals surface area contributed by atoms with Crippen LogP contribution in [0.15, 0.2) is 33.7 Å². The predicted octanol–water partition coefficient (Wildman–Crippen LogP) is 0.370. The van der Waals surface area contributed by atoms with E-state index in [0.29, 0.717) is 13.0 Å². The number of sulfonamides is 1. The molecule has 0 aromatic heterocycles. The van der Waals surface area contributed by atoms with E-state index in [2.05, 4.69) is 26.2 Å². The van der Waals surface area contributed by atoms with Crippen molar-refractivity contribution in [3.63, 3.8) is 0 Å². The normalized spacial score (nSPS) is 28.7. The first-order chi connectivity index (χ1) is 10.7. The van der Waals surface area contributed by atoms with Crippen LogP contribution in [-0.2, 0) is 20.4 Å². The molecule has 3 N–H and O–H groups in total. The molecule has 2 heterocycles. The first-order valence-corrected chi connectivity index (χ1v) is 9.74. The first kappa shape index (κ1) is 16.4. The van der Waals surface area contributed by atoms with Crippen LogP contribution in [-0.4, -0.2) is 43.9 Å². The summed E-state index contributed by atoms with van der Waals surface area (Å²) in [5, 5.41) is 2.55. The molecule has 1 fully saturated rings. The Morgan fingerprint density at radius 3 is 2.87 bits per heavy atom. The number of piperidine rings is 1. The fourth-order valence-corrected chi connectivity index (χ4v) is 4.55. The summed E-state index contributed by atoms with van der Waals surface area (Å²) < 4.78 is 26.2. The highest BCUT2D eigenvalue weighted by molar-refractivity contribution is 9.10. The van der Waals surface area contributed by atoms with Crippen molar-refractivity contribution < 1.29 is 13.2 Å². The van der Waals surface area contributed by atoms with E-state index >= 15 is 0 Å². The molecule has 0 saturated carbocycles. The minimum Gasteiger partial charge on any atom is -0.370 e. The molecule has 3 rings (SSSR count). The zero-order valence-corrected chi connectivity index (χ0v) is 14.9. The van der Waals surface area contributed by atoms with Gasteiger partial charge in [-0.25, -0.2) is 13.4 Å². The van der Waals surface area contributed by atoms with Crippen molar-refractivity contribution >= 4 is 37.8 Å². The van der Waals surface area contributed by atoms with Gasteiger partial charge in [0.1, 0.15) is 5.54 Å². The molecule has 0 spiro atoms. The van der Waals surface area contributed by atoms with E-state index in [0.717, 1.165) is 16.3 Å². The van der Waals surface area contributed by atoms with Crippen molar-refractivity contribution in [1.82, 2.24) is 9.62 Å². The second kappa shape index (κ2) is 5.57. The standard InChI is InChI=1S/C14H17BrN4O3S/c1-23(21,22)19-6-5-11-12(20)17-13(16)18-14(11,8-19)9-3-2-4-10(15)7-9/h2-4,7,11H,5-6,8H2,1H3,(H3,16,17,18,20). The van der Waals surface area contributed by atoms with Crippen LogP contribution < -0.4 is 11.1 Å². The maximum Gasteiger partial charge on any atom is 0.232 e. The molecule has 0 aliphatic carbocycles. The monoisotopic (exact) mass is 400 g/mol. The average molecular weight is 401 g/mol. The molecule has 0 radical (unpaired) electrons. The molecular weight excluding hydrogens is 384 g/mol. The van der Waals surface area contributed by atoms with Crippen LogP contribution in [0.3, 0.4) is 0 Å². The number of guanidine groups is 1. The smallest absolute Gasteiger partial charge is 0.232 e. The summed E-state index contributed by atoms with van der Waals surface area (Å²) in [7, 11) is -3.39. The fourth-order valence-electron chi connectivity index (χ4n) is 3.29. The Kier molecular flexibility index (Phi) is 3.97.